The molecule has 5 rings (SSSR count). The van der Waals surface area contributed by atoms with E-state index < -0.39 is 0 Å². The summed E-state index contributed by atoms with van der Waals surface area (Å²) in [7, 11) is 0. The largest absolute Gasteiger partial charge is 0.393 e. The van der Waals surface area contributed by atoms with Gasteiger partial charge in [0.05, 0.1) is 6.10 Å². The van der Waals surface area contributed by atoms with Crippen molar-refractivity contribution in [3.8, 4) is 0 Å². The Morgan fingerprint density at radius 1 is 0.909 bits per heavy atom. The van der Waals surface area contributed by atoms with Crippen LogP contribution in [0.2, 0.25) is 0 Å². The number of fused-ring (bicyclic) bond motifs is 7. The fraction of sp³-hybridized carbons (Fsp3) is 0.867. The van der Waals surface area contributed by atoms with Gasteiger partial charge in [-0.15, -0.1) is 0 Å². The van der Waals surface area contributed by atoms with Crippen LogP contribution in [0.15, 0.2) is 11.6 Å². The molecule has 0 radical (unpaired) electrons. The number of allylic oxidation sites excluding steroid dienone is 2. The molecule has 3 nitrogen and oxygen atoms in total. The Balaban J connectivity index is 1.63. The molecule has 0 spiro atoms. The lowest BCUT2D eigenvalue weighted by molar-refractivity contribution is -0.202. The minimum Gasteiger partial charge on any atom is -0.393 e. The van der Waals surface area contributed by atoms with E-state index in [-0.39, 0.29) is 44.5 Å². The van der Waals surface area contributed by atoms with E-state index in [4.69, 9.17) is 0 Å². The molecule has 3 heteroatoms. The summed E-state index contributed by atoms with van der Waals surface area (Å²) < 4.78 is 0. The van der Waals surface area contributed by atoms with Crippen molar-refractivity contribution in [3.05, 3.63) is 11.6 Å². The Kier molecular flexibility index (Phi) is 4.92. The smallest absolute Gasteiger partial charge is 0.159 e. The maximum atomic E-state index is 14.2. The number of carbonyl (C=O) groups is 2. The highest BCUT2D eigenvalue weighted by atomic mass is 16.3. The van der Waals surface area contributed by atoms with Crippen LogP contribution in [0.3, 0.4) is 0 Å². The van der Waals surface area contributed by atoms with Gasteiger partial charge in [-0.2, -0.15) is 0 Å². The number of ketones is 1. The van der Waals surface area contributed by atoms with E-state index >= 15 is 0 Å². The molecular weight excluding hydrogens is 408 g/mol. The monoisotopic (exact) mass is 454 g/mol. The zero-order valence-corrected chi connectivity index (χ0v) is 22.1. The number of aliphatic hydroxyl groups excluding tert-OH is 1. The van der Waals surface area contributed by atoms with Crippen LogP contribution in [-0.4, -0.2) is 23.3 Å². The standard InChI is InChI=1S/C30H46O3/c1-25(2)22-8-11-30(7)24(28(22,5)10-9-23(25)33)21(32)16-19-20-17-26(3,18-31)12-13-27(20,4)14-15-29(19,30)6/h16,18,20,22-24,33H,8-15,17H2,1-7H3. The van der Waals surface area contributed by atoms with Gasteiger partial charge in [0.25, 0.3) is 0 Å². The first kappa shape index (κ1) is 23.8. The van der Waals surface area contributed by atoms with Crippen molar-refractivity contribution in [1.29, 1.82) is 0 Å². The molecule has 0 amide bonds. The molecule has 9 unspecified atom stereocenters. The first-order valence-electron chi connectivity index (χ1n) is 13.6. The molecule has 0 saturated heterocycles. The predicted octanol–water partition coefficient (Wildman–Crippen LogP) is 6.53. The third-order valence-corrected chi connectivity index (χ3v) is 12.9. The molecule has 4 saturated carbocycles. The lowest BCUT2D eigenvalue weighted by atomic mass is 9.33. The van der Waals surface area contributed by atoms with Crippen LogP contribution >= 0.6 is 0 Å². The summed E-state index contributed by atoms with van der Waals surface area (Å²) in [5, 5.41) is 10.9. The van der Waals surface area contributed by atoms with Crippen molar-refractivity contribution in [1.82, 2.24) is 0 Å². The highest BCUT2D eigenvalue weighted by molar-refractivity contribution is 5.95. The SMILES string of the molecule is CC1(C=O)CCC2(C)CCC3(C)C(=CC(=O)C4C5(C)CCC(O)C(C)(C)C5CCC43C)C2C1. The minimum absolute atomic E-state index is 0.00503. The van der Waals surface area contributed by atoms with E-state index in [9.17, 15) is 14.7 Å². The van der Waals surface area contributed by atoms with Gasteiger partial charge in [0.1, 0.15) is 6.29 Å². The van der Waals surface area contributed by atoms with Crippen molar-refractivity contribution in [3.63, 3.8) is 0 Å². The highest BCUT2D eigenvalue weighted by Gasteiger charge is 2.70. The number of hydrogen-bond donors (Lipinski definition) is 1. The molecule has 1 N–H and O–H groups in total. The maximum absolute atomic E-state index is 14.2. The Labute approximate surface area is 201 Å². The molecule has 9 atom stereocenters. The molecule has 4 fully saturated rings. The van der Waals surface area contributed by atoms with Gasteiger partial charge in [-0.3, -0.25) is 4.79 Å². The number of carbonyl (C=O) groups excluding carboxylic acids is 2. The van der Waals surface area contributed by atoms with E-state index in [1.54, 1.807) is 0 Å². The molecule has 5 aliphatic rings. The second-order valence-electron chi connectivity index (χ2n) is 14.8. The number of hydrogen-bond acceptors (Lipinski definition) is 3. The van der Waals surface area contributed by atoms with E-state index in [1.165, 1.54) is 18.3 Å². The van der Waals surface area contributed by atoms with Gasteiger partial charge < -0.3 is 9.90 Å². The van der Waals surface area contributed by atoms with Gasteiger partial charge in [0.15, 0.2) is 5.78 Å². The Morgan fingerprint density at radius 3 is 2.24 bits per heavy atom. The van der Waals surface area contributed by atoms with Gasteiger partial charge in [-0.25, -0.2) is 0 Å². The lowest BCUT2D eigenvalue weighted by Gasteiger charge is -2.70. The predicted molar refractivity (Wildman–Crippen MR) is 131 cm³/mol. The molecule has 0 aliphatic heterocycles. The van der Waals surface area contributed by atoms with Crippen LogP contribution in [-0.2, 0) is 9.59 Å². The van der Waals surface area contributed by atoms with E-state index in [1.807, 2.05) is 0 Å². The van der Waals surface area contributed by atoms with Crippen LogP contribution in [0.1, 0.15) is 106 Å². The summed E-state index contributed by atoms with van der Waals surface area (Å²) in [6.07, 6.45) is 12.2. The molecule has 184 valence electrons. The quantitative estimate of drug-likeness (QED) is 0.458. The molecule has 0 aromatic rings. The fourth-order valence-electron chi connectivity index (χ4n) is 10.3. The van der Waals surface area contributed by atoms with Crippen LogP contribution in [0.5, 0.6) is 0 Å². The number of aldehydes is 1. The zero-order chi connectivity index (χ0) is 24.2. The third-order valence-electron chi connectivity index (χ3n) is 12.9. The summed E-state index contributed by atoms with van der Waals surface area (Å²) in [5.41, 5.74) is 1.04. The second-order valence-corrected chi connectivity index (χ2v) is 14.8. The normalized spacial score (nSPS) is 55.4. The lowest BCUT2D eigenvalue weighted by Crippen LogP contribution is -2.66. The van der Waals surface area contributed by atoms with Crippen molar-refractivity contribution in [2.75, 3.05) is 0 Å². The van der Waals surface area contributed by atoms with E-state index in [0.717, 1.165) is 51.4 Å². The van der Waals surface area contributed by atoms with E-state index in [2.05, 4.69) is 54.5 Å². The molecule has 5 aliphatic carbocycles. The topological polar surface area (TPSA) is 54.4 Å². The van der Waals surface area contributed by atoms with Crippen molar-refractivity contribution < 1.29 is 14.7 Å². The number of aliphatic hydroxyl groups is 1. The highest BCUT2D eigenvalue weighted by Crippen LogP contribution is 2.75. The Morgan fingerprint density at radius 2 is 1.58 bits per heavy atom. The molecule has 0 heterocycles. The molecule has 0 aromatic carbocycles. The van der Waals surface area contributed by atoms with Gasteiger partial charge in [-0.05, 0) is 103 Å². The zero-order valence-electron chi connectivity index (χ0n) is 22.1. The van der Waals surface area contributed by atoms with Gasteiger partial charge in [0.2, 0.25) is 0 Å². The Hall–Kier alpha value is -0.960. The Bertz CT molecular complexity index is 918. The van der Waals surface area contributed by atoms with Crippen LogP contribution in [0.25, 0.3) is 0 Å². The summed E-state index contributed by atoms with van der Waals surface area (Å²) in [6.45, 7) is 16.3. The fourth-order valence-corrected chi connectivity index (χ4v) is 10.3. The summed E-state index contributed by atoms with van der Waals surface area (Å²) >= 11 is 0. The molecule has 0 aromatic heterocycles. The average molecular weight is 455 g/mol. The van der Waals surface area contributed by atoms with Crippen molar-refractivity contribution in [2.45, 2.75) is 112 Å². The second kappa shape index (κ2) is 6.83. The molecular formula is C30H46O3. The third kappa shape index (κ3) is 2.84. The summed E-state index contributed by atoms with van der Waals surface area (Å²) in [4.78, 5) is 26.2. The maximum Gasteiger partial charge on any atom is 0.159 e. The van der Waals surface area contributed by atoms with Crippen LogP contribution in [0.4, 0.5) is 0 Å². The minimum atomic E-state index is -0.279. The van der Waals surface area contributed by atoms with Gasteiger partial charge >= 0.3 is 0 Å². The van der Waals surface area contributed by atoms with Crippen molar-refractivity contribution in [2.24, 2.45) is 50.2 Å². The number of rotatable bonds is 1. The molecule has 0 bridgehead atoms. The van der Waals surface area contributed by atoms with Crippen LogP contribution in [0, 0.1) is 50.2 Å². The first-order valence-corrected chi connectivity index (χ1v) is 13.6. The van der Waals surface area contributed by atoms with Crippen LogP contribution < -0.4 is 0 Å². The average Bonchev–Trinajstić information content (AvgIpc) is 2.74. The molecule has 33 heavy (non-hydrogen) atoms. The van der Waals surface area contributed by atoms with Gasteiger partial charge in [-0.1, -0.05) is 54.0 Å². The summed E-state index contributed by atoms with van der Waals surface area (Å²) in [5.74, 6) is 1.06. The first-order chi connectivity index (χ1) is 15.2. The van der Waals surface area contributed by atoms with E-state index in [0.29, 0.717) is 17.6 Å². The van der Waals surface area contributed by atoms with Crippen molar-refractivity contribution >= 4 is 12.1 Å². The summed E-state index contributed by atoms with van der Waals surface area (Å²) in [6, 6.07) is 0. The van der Waals surface area contributed by atoms with Gasteiger partial charge in [0, 0.05) is 11.3 Å².